The van der Waals surface area contributed by atoms with Crippen LogP contribution < -0.4 is 0 Å². The molecule has 1 aromatic carbocycles. The number of ketones is 1. The first-order valence-electron chi connectivity index (χ1n) is 6.37. The van der Waals surface area contributed by atoms with Crippen molar-refractivity contribution in [3.05, 3.63) is 51.8 Å². The number of aromatic nitrogens is 2. The number of carbonyl (C=O) groups excluding carboxylic acids is 1. The molecular formula is C15H17ClN2O2. The second-order valence-electron chi connectivity index (χ2n) is 4.63. The second-order valence-corrected chi connectivity index (χ2v) is 5.04. The van der Waals surface area contributed by atoms with Crippen LogP contribution in [0.2, 0.25) is 5.02 Å². The van der Waals surface area contributed by atoms with Crippen molar-refractivity contribution >= 4 is 17.4 Å². The highest BCUT2D eigenvalue weighted by Crippen LogP contribution is 2.22. The standard InChI is InChI=1S/C15H17ClN2O2/c1-10-5-4-6-12(11(10)2)15(19)14-13(16)9-17-18(14)7-8-20-3/h4-6,9H,7-8H2,1-3H3. The predicted molar refractivity (Wildman–Crippen MR) is 78.5 cm³/mol. The van der Waals surface area contributed by atoms with Gasteiger partial charge in [-0.2, -0.15) is 5.10 Å². The van der Waals surface area contributed by atoms with Gasteiger partial charge < -0.3 is 4.74 Å². The van der Waals surface area contributed by atoms with E-state index in [9.17, 15) is 4.79 Å². The number of benzene rings is 1. The Bertz CT molecular complexity index is 635. The van der Waals surface area contributed by atoms with Crippen LogP contribution >= 0.6 is 11.6 Å². The molecule has 106 valence electrons. The third-order valence-electron chi connectivity index (χ3n) is 3.37. The fourth-order valence-corrected chi connectivity index (χ4v) is 2.29. The van der Waals surface area contributed by atoms with E-state index in [1.54, 1.807) is 11.8 Å². The summed E-state index contributed by atoms with van der Waals surface area (Å²) in [4.78, 5) is 12.7. The molecule has 0 atom stereocenters. The van der Waals surface area contributed by atoms with Crippen molar-refractivity contribution in [2.75, 3.05) is 13.7 Å². The van der Waals surface area contributed by atoms with Crippen molar-refractivity contribution < 1.29 is 9.53 Å². The van der Waals surface area contributed by atoms with Crippen molar-refractivity contribution in [2.45, 2.75) is 20.4 Å². The van der Waals surface area contributed by atoms with Crippen LogP contribution in [0, 0.1) is 13.8 Å². The number of hydrogen-bond acceptors (Lipinski definition) is 3. The molecule has 2 aromatic rings. The Balaban J connectivity index is 2.43. The first kappa shape index (κ1) is 14.8. The van der Waals surface area contributed by atoms with Gasteiger partial charge in [0.1, 0.15) is 5.69 Å². The molecule has 0 radical (unpaired) electrons. The van der Waals surface area contributed by atoms with Crippen molar-refractivity contribution in [3.63, 3.8) is 0 Å². The van der Waals surface area contributed by atoms with Gasteiger partial charge in [0, 0.05) is 12.7 Å². The Morgan fingerprint density at radius 2 is 2.15 bits per heavy atom. The molecule has 0 amide bonds. The van der Waals surface area contributed by atoms with Gasteiger partial charge in [-0.05, 0) is 25.0 Å². The zero-order valence-corrected chi connectivity index (χ0v) is 12.6. The number of carbonyl (C=O) groups is 1. The highest BCUT2D eigenvalue weighted by Gasteiger charge is 2.20. The number of ether oxygens (including phenoxy) is 1. The topological polar surface area (TPSA) is 44.1 Å². The molecule has 0 unspecified atom stereocenters. The Labute approximate surface area is 123 Å². The molecule has 0 saturated heterocycles. The summed E-state index contributed by atoms with van der Waals surface area (Å²) < 4.78 is 6.62. The molecule has 1 heterocycles. The monoisotopic (exact) mass is 292 g/mol. The molecule has 0 saturated carbocycles. The van der Waals surface area contributed by atoms with Crippen LogP contribution in [0.1, 0.15) is 27.2 Å². The van der Waals surface area contributed by atoms with Gasteiger partial charge in [0.25, 0.3) is 0 Å². The molecule has 2 rings (SSSR count). The summed E-state index contributed by atoms with van der Waals surface area (Å²) in [6, 6.07) is 5.67. The average Bonchev–Trinajstić information content (AvgIpc) is 2.80. The molecule has 5 heteroatoms. The Morgan fingerprint density at radius 1 is 1.40 bits per heavy atom. The van der Waals surface area contributed by atoms with Crippen LogP contribution in [0.5, 0.6) is 0 Å². The smallest absolute Gasteiger partial charge is 0.212 e. The largest absolute Gasteiger partial charge is 0.383 e. The fraction of sp³-hybridized carbons (Fsp3) is 0.333. The van der Waals surface area contributed by atoms with Crippen LogP contribution in [0.15, 0.2) is 24.4 Å². The number of methoxy groups -OCH3 is 1. The molecule has 1 aromatic heterocycles. The highest BCUT2D eigenvalue weighted by molar-refractivity contribution is 6.34. The minimum absolute atomic E-state index is 0.107. The van der Waals surface area contributed by atoms with Crippen LogP contribution in [-0.4, -0.2) is 29.3 Å². The van der Waals surface area contributed by atoms with E-state index < -0.39 is 0 Å². The molecule has 0 fully saturated rings. The van der Waals surface area contributed by atoms with E-state index in [-0.39, 0.29) is 5.78 Å². The quantitative estimate of drug-likeness (QED) is 0.796. The number of halogens is 1. The van der Waals surface area contributed by atoms with E-state index in [0.717, 1.165) is 11.1 Å². The summed E-state index contributed by atoms with van der Waals surface area (Å²) in [5, 5.41) is 4.50. The summed E-state index contributed by atoms with van der Waals surface area (Å²) >= 11 is 6.12. The number of hydrogen-bond donors (Lipinski definition) is 0. The van der Waals surface area contributed by atoms with Crippen LogP contribution in [0.25, 0.3) is 0 Å². The maximum atomic E-state index is 12.7. The molecule has 0 N–H and O–H groups in total. The molecule has 0 bridgehead atoms. The van der Waals surface area contributed by atoms with E-state index in [1.807, 2.05) is 32.0 Å². The normalized spacial score (nSPS) is 10.8. The molecule has 0 aliphatic rings. The van der Waals surface area contributed by atoms with Crippen LogP contribution in [0.4, 0.5) is 0 Å². The first-order valence-corrected chi connectivity index (χ1v) is 6.75. The van der Waals surface area contributed by atoms with E-state index in [1.165, 1.54) is 6.20 Å². The van der Waals surface area contributed by atoms with Gasteiger partial charge in [0.2, 0.25) is 5.78 Å². The van der Waals surface area contributed by atoms with Crippen molar-refractivity contribution in [2.24, 2.45) is 0 Å². The van der Waals surface area contributed by atoms with Gasteiger partial charge >= 0.3 is 0 Å². The molecule has 0 aliphatic carbocycles. The van der Waals surface area contributed by atoms with Crippen LogP contribution in [0.3, 0.4) is 0 Å². The Morgan fingerprint density at radius 3 is 2.85 bits per heavy atom. The minimum Gasteiger partial charge on any atom is -0.383 e. The van der Waals surface area contributed by atoms with E-state index in [0.29, 0.717) is 29.4 Å². The maximum Gasteiger partial charge on any atom is 0.212 e. The summed E-state index contributed by atoms with van der Waals surface area (Å²) in [6.45, 7) is 4.89. The van der Waals surface area contributed by atoms with E-state index in [4.69, 9.17) is 16.3 Å². The van der Waals surface area contributed by atoms with Gasteiger partial charge in [-0.3, -0.25) is 9.48 Å². The predicted octanol–water partition coefficient (Wildman–Crippen LogP) is 3.03. The van der Waals surface area contributed by atoms with Gasteiger partial charge in [-0.1, -0.05) is 29.8 Å². The zero-order chi connectivity index (χ0) is 14.7. The SMILES string of the molecule is COCCn1ncc(Cl)c1C(=O)c1cccc(C)c1C. The number of aryl methyl sites for hydroxylation is 1. The molecule has 0 spiro atoms. The molecule has 20 heavy (non-hydrogen) atoms. The number of rotatable bonds is 5. The lowest BCUT2D eigenvalue weighted by Crippen LogP contribution is -2.15. The lowest BCUT2D eigenvalue weighted by atomic mass is 9.98. The Kier molecular flexibility index (Phi) is 4.57. The minimum atomic E-state index is -0.107. The van der Waals surface area contributed by atoms with Gasteiger partial charge in [-0.25, -0.2) is 0 Å². The molecule has 4 nitrogen and oxygen atoms in total. The van der Waals surface area contributed by atoms with Crippen molar-refractivity contribution in [3.8, 4) is 0 Å². The van der Waals surface area contributed by atoms with Crippen molar-refractivity contribution in [1.82, 2.24) is 9.78 Å². The second kappa shape index (κ2) is 6.20. The van der Waals surface area contributed by atoms with Gasteiger partial charge in [-0.15, -0.1) is 0 Å². The summed E-state index contributed by atoms with van der Waals surface area (Å²) in [6.07, 6.45) is 1.50. The zero-order valence-electron chi connectivity index (χ0n) is 11.8. The van der Waals surface area contributed by atoms with Crippen LogP contribution in [-0.2, 0) is 11.3 Å². The first-order chi connectivity index (χ1) is 9.56. The average molecular weight is 293 g/mol. The van der Waals surface area contributed by atoms with Gasteiger partial charge in [0.05, 0.1) is 24.4 Å². The Hall–Kier alpha value is -1.65. The fourth-order valence-electron chi connectivity index (χ4n) is 2.06. The third kappa shape index (κ3) is 2.76. The lowest BCUT2D eigenvalue weighted by molar-refractivity contribution is 0.102. The van der Waals surface area contributed by atoms with E-state index in [2.05, 4.69) is 5.10 Å². The highest BCUT2D eigenvalue weighted by atomic mass is 35.5. The summed E-state index contributed by atoms with van der Waals surface area (Å²) in [5.74, 6) is -0.107. The summed E-state index contributed by atoms with van der Waals surface area (Å²) in [5.41, 5.74) is 3.12. The summed E-state index contributed by atoms with van der Waals surface area (Å²) in [7, 11) is 1.61. The van der Waals surface area contributed by atoms with E-state index >= 15 is 0 Å². The van der Waals surface area contributed by atoms with Crippen molar-refractivity contribution in [1.29, 1.82) is 0 Å². The number of nitrogens with zero attached hydrogens (tertiary/aromatic N) is 2. The van der Waals surface area contributed by atoms with Gasteiger partial charge in [0.15, 0.2) is 0 Å². The molecular weight excluding hydrogens is 276 g/mol. The third-order valence-corrected chi connectivity index (χ3v) is 3.64. The maximum absolute atomic E-state index is 12.7. The lowest BCUT2D eigenvalue weighted by Gasteiger charge is -2.10. The molecule has 0 aliphatic heterocycles.